The Bertz CT molecular complexity index is 716. The lowest BCUT2D eigenvalue weighted by atomic mass is 10.3. The van der Waals surface area contributed by atoms with Gasteiger partial charge in [0.1, 0.15) is 4.90 Å². The molecule has 0 amide bonds. The lowest BCUT2D eigenvalue weighted by Crippen LogP contribution is -2.16. The van der Waals surface area contributed by atoms with E-state index < -0.39 is 15.8 Å². The van der Waals surface area contributed by atoms with Gasteiger partial charge in [-0.3, -0.25) is 4.72 Å². The predicted octanol–water partition coefficient (Wildman–Crippen LogP) is 3.06. The van der Waals surface area contributed by atoms with E-state index in [4.69, 9.17) is 11.6 Å². The molecule has 108 valence electrons. The number of rotatable bonds is 5. The molecule has 0 atom stereocenters. The van der Waals surface area contributed by atoms with Gasteiger partial charge in [-0.25, -0.2) is 12.8 Å². The molecule has 8 heteroatoms. The minimum absolute atomic E-state index is 0.133. The van der Waals surface area contributed by atoms with Crippen molar-refractivity contribution in [2.45, 2.75) is 11.4 Å². The van der Waals surface area contributed by atoms with Gasteiger partial charge in [0.2, 0.25) is 0 Å². The molecule has 0 spiro atoms. The molecule has 20 heavy (non-hydrogen) atoms. The van der Waals surface area contributed by atoms with Gasteiger partial charge in [0.25, 0.3) is 10.0 Å². The van der Waals surface area contributed by atoms with Gasteiger partial charge in [-0.15, -0.1) is 11.3 Å². The third kappa shape index (κ3) is 3.12. The van der Waals surface area contributed by atoms with Gasteiger partial charge in [0, 0.05) is 11.4 Å². The molecule has 2 aromatic rings. The van der Waals surface area contributed by atoms with Crippen molar-refractivity contribution in [2.24, 2.45) is 0 Å². The van der Waals surface area contributed by atoms with E-state index in [0.29, 0.717) is 11.4 Å². The second-order valence-electron chi connectivity index (χ2n) is 3.95. The number of nitrogens with one attached hydrogen (secondary N) is 2. The predicted molar refractivity (Wildman–Crippen MR) is 79.3 cm³/mol. The Morgan fingerprint density at radius 1 is 1.35 bits per heavy atom. The van der Waals surface area contributed by atoms with Crippen molar-refractivity contribution >= 4 is 38.6 Å². The van der Waals surface area contributed by atoms with Crippen LogP contribution in [0.4, 0.5) is 10.1 Å². The van der Waals surface area contributed by atoms with E-state index in [0.717, 1.165) is 0 Å². The summed E-state index contributed by atoms with van der Waals surface area (Å²) < 4.78 is 40.5. The number of hydrogen-bond acceptors (Lipinski definition) is 4. The van der Waals surface area contributed by atoms with Gasteiger partial charge in [0.05, 0.1) is 10.7 Å². The molecule has 0 unspecified atom stereocenters. The molecule has 0 radical (unpaired) electrons. The fourth-order valence-electron chi connectivity index (χ4n) is 1.64. The largest absolute Gasteiger partial charge is 0.315 e. The van der Waals surface area contributed by atoms with Gasteiger partial charge in [-0.2, -0.15) is 0 Å². The zero-order valence-corrected chi connectivity index (χ0v) is 12.9. The van der Waals surface area contributed by atoms with Crippen molar-refractivity contribution in [1.82, 2.24) is 5.32 Å². The van der Waals surface area contributed by atoms with E-state index in [9.17, 15) is 12.8 Å². The number of benzene rings is 1. The Morgan fingerprint density at radius 2 is 2.10 bits per heavy atom. The summed E-state index contributed by atoms with van der Waals surface area (Å²) in [5, 5.41) is 4.43. The number of hydrogen-bond donors (Lipinski definition) is 2. The Labute approximate surface area is 125 Å². The first kappa shape index (κ1) is 15.2. The van der Waals surface area contributed by atoms with Crippen LogP contribution < -0.4 is 10.0 Å². The quantitative estimate of drug-likeness (QED) is 0.883. The summed E-state index contributed by atoms with van der Waals surface area (Å²) in [6, 6.07) is 5.64. The molecule has 1 aromatic heterocycles. The molecule has 0 aliphatic heterocycles. The average molecular weight is 335 g/mol. The SMILES string of the molecule is CNCc1sccc1S(=O)(=O)Nc1cccc(Cl)c1F. The van der Waals surface area contributed by atoms with Crippen molar-refractivity contribution in [3.63, 3.8) is 0 Å². The maximum absolute atomic E-state index is 13.8. The van der Waals surface area contributed by atoms with Crippen LogP contribution in [0.2, 0.25) is 5.02 Å². The second-order valence-corrected chi connectivity index (χ2v) is 7.00. The molecule has 0 aliphatic carbocycles. The zero-order valence-electron chi connectivity index (χ0n) is 10.5. The summed E-state index contributed by atoms with van der Waals surface area (Å²) in [7, 11) is -2.12. The normalized spacial score (nSPS) is 11.6. The summed E-state index contributed by atoms with van der Waals surface area (Å²) >= 11 is 6.95. The third-order valence-electron chi connectivity index (χ3n) is 2.53. The summed E-state index contributed by atoms with van der Waals surface area (Å²) in [5.74, 6) is -0.789. The standard InChI is InChI=1S/C12H12ClFN2O2S2/c1-15-7-10-11(5-6-19-10)20(17,18)16-9-4-2-3-8(13)12(9)14/h2-6,15-16H,7H2,1H3. The lowest BCUT2D eigenvalue weighted by Gasteiger charge is -2.10. The highest BCUT2D eigenvalue weighted by molar-refractivity contribution is 7.93. The van der Waals surface area contributed by atoms with E-state index in [2.05, 4.69) is 10.0 Å². The molecule has 0 saturated heterocycles. The monoisotopic (exact) mass is 334 g/mol. The Kier molecular flexibility index (Phi) is 4.64. The van der Waals surface area contributed by atoms with Gasteiger partial charge >= 0.3 is 0 Å². The Morgan fingerprint density at radius 3 is 2.80 bits per heavy atom. The highest BCUT2D eigenvalue weighted by Crippen LogP contribution is 2.27. The van der Waals surface area contributed by atoms with Crippen molar-refractivity contribution in [1.29, 1.82) is 0 Å². The number of halogens is 2. The number of thiophene rings is 1. The highest BCUT2D eigenvalue weighted by atomic mass is 35.5. The van der Waals surface area contributed by atoms with Crippen LogP contribution in [-0.4, -0.2) is 15.5 Å². The number of anilines is 1. The molecular formula is C12H12ClFN2O2S2. The maximum atomic E-state index is 13.8. The average Bonchev–Trinajstić information content (AvgIpc) is 2.84. The summed E-state index contributed by atoms with van der Waals surface area (Å²) in [6.45, 7) is 0.423. The molecule has 0 fully saturated rings. The summed E-state index contributed by atoms with van der Waals surface area (Å²) in [4.78, 5) is 0.790. The van der Waals surface area contributed by atoms with E-state index in [1.165, 1.54) is 35.6 Å². The van der Waals surface area contributed by atoms with Crippen LogP contribution in [-0.2, 0) is 16.6 Å². The maximum Gasteiger partial charge on any atom is 0.263 e. The van der Waals surface area contributed by atoms with E-state index >= 15 is 0 Å². The third-order valence-corrected chi connectivity index (χ3v) is 5.32. The molecule has 1 aromatic carbocycles. The Balaban J connectivity index is 2.36. The molecule has 0 aliphatic rings. The molecule has 2 rings (SSSR count). The topological polar surface area (TPSA) is 58.2 Å². The summed E-state index contributed by atoms with van der Waals surface area (Å²) in [5.41, 5.74) is -0.167. The van der Waals surface area contributed by atoms with Crippen LogP contribution in [0, 0.1) is 5.82 Å². The zero-order chi connectivity index (χ0) is 14.8. The molecule has 0 saturated carbocycles. The van der Waals surface area contributed by atoms with Crippen LogP contribution in [0.1, 0.15) is 4.88 Å². The van der Waals surface area contributed by atoms with Gasteiger partial charge in [-0.1, -0.05) is 17.7 Å². The first-order valence-corrected chi connectivity index (χ1v) is 8.37. The molecule has 0 bridgehead atoms. The molecule has 1 heterocycles. The Hall–Kier alpha value is -1.15. The van der Waals surface area contributed by atoms with Crippen molar-refractivity contribution in [3.05, 3.63) is 45.4 Å². The van der Waals surface area contributed by atoms with Crippen molar-refractivity contribution in [2.75, 3.05) is 11.8 Å². The second kappa shape index (κ2) is 6.09. The molecule has 2 N–H and O–H groups in total. The van der Waals surface area contributed by atoms with Gasteiger partial charge in [0.15, 0.2) is 5.82 Å². The lowest BCUT2D eigenvalue weighted by molar-refractivity contribution is 0.597. The highest BCUT2D eigenvalue weighted by Gasteiger charge is 2.21. The van der Waals surface area contributed by atoms with Gasteiger partial charge in [-0.05, 0) is 30.6 Å². The van der Waals surface area contributed by atoms with Crippen molar-refractivity contribution in [3.8, 4) is 0 Å². The van der Waals surface area contributed by atoms with Crippen LogP contribution in [0.5, 0.6) is 0 Å². The molecular weight excluding hydrogens is 323 g/mol. The van der Waals surface area contributed by atoms with Crippen LogP contribution in [0.25, 0.3) is 0 Å². The van der Waals surface area contributed by atoms with E-state index in [1.807, 2.05) is 0 Å². The fraction of sp³-hybridized carbons (Fsp3) is 0.167. The first-order chi connectivity index (χ1) is 9.45. The van der Waals surface area contributed by atoms with Crippen molar-refractivity contribution < 1.29 is 12.8 Å². The molecule has 4 nitrogen and oxygen atoms in total. The minimum atomic E-state index is -3.84. The van der Waals surface area contributed by atoms with Crippen LogP contribution in [0.3, 0.4) is 0 Å². The first-order valence-electron chi connectivity index (χ1n) is 5.63. The summed E-state index contributed by atoms with van der Waals surface area (Å²) in [6.07, 6.45) is 0. The number of sulfonamides is 1. The van der Waals surface area contributed by atoms with Crippen LogP contribution in [0.15, 0.2) is 34.5 Å². The van der Waals surface area contributed by atoms with E-state index in [1.54, 1.807) is 12.4 Å². The van der Waals surface area contributed by atoms with Crippen LogP contribution >= 0.6 is 22.9 Å². The minimum Gasteiger partial charge on any atom is -0.315 e. The van der Waals surface area contributed by atoms with Gasteiger partial charge < -0.3 is 5.32 Å². The fourth-order valence-corrected chi connectivity index (χ4v) is 4.33. The smallest absolute Gasteiger partial charge is 0.263 e. The van der Waals surface area contributed by atoms with E-state index in [-0.39, 0.29) is 15.6 Å².